The molecular formula is C24H27N5O2. The van der Waals surface area contributed by atoms with Gasteiger partial charge in [-0.1, -0.05) is 0 Å². The number of nitrogens with one attached hydrogen (secondary N) is 2. The molecule has 2 aliphatic heterocycles. The van der Waals surface area contributed by atoms with Gasteiger partial charge < -0.3 is 15.2 Å². The summed E-state index contributed by atoms with van der Waals surface area (Å²) >= 11 is 0. The fourth-order valence-corrected chi connectivity index (χ4v) is 5.30. The van der Waals surface area contributed by atoms with Gasteiger partial charge in [0.1, 0.15) is 5.69 Å². The van der Waals surface area contributed by atoms with Crippen molar-refractivity contribution in [1.82, 2.24) is 20.2 Å². The van der Waals surface area contributed by atoms with Crippen LogP contribution in [-0.4, -0.2) is 58.6 Å². The smallest absolute Gasteiger partial charge is 0.267 e. The lowest BCUT2D eigenvalue weighted by molar-refractivity contribution is -0.128. The van der Waals surface area contributed by atoms with E-state index in [9.17, 15) is 9.59 Å². The van der Waals surface area contributed by atoms with Gasteiger partial charge in [0.2, 0.25) is 0 Å². The highest BCUT2D eigenvalue weighted by Crippen LogP contribution is 2.59. The van der Waals surface area contributed by atoms with Crippen LogP contribution in [0.25, 0.3) is 10.9 Å². The van der Waals surface area contributed by atoms with Crippen LogP contribution in [0.1, 0.15) is 42.6 Å². The lowest BCUT2D eigenvalue weighted by Crippen LogP contribution is -2.41. The number of allylic oxidation sites excluding steroid dienone is 1. The average Bonchev–Trinajstić information content (AvgIpc) is 3.64. The minimum atomic E-state index is -0.0644. The molecular weight excluding hydrogens is 390 g/mol. The molecule has 0 bridgehead atoms. The van der Waals surface area contributed by atoms with Crippen molar-refractivity contribution in [3.8, 4) is 0 Å². The first kappa shape index (κ1) is 18.8. The Kier molecular flexibility index (Phi) is 4.26. The largest absolute Gasteiger partial charge is 0.350 e. The van der Waals surface area contributed by atoms with E-state index in [2.05, 4.69) is 20.3 Å². The summed E-state index contributed by atoms with van der Waals surface area (Å²) in [4.78, 5) is 39.2. The molecule has 1 spiro atoms. The molecule has 4 heterocycles. The SMILES string of the molecule is O=C(NCC1CC12CCN(C(=O)C1=CC(C3CC3)=NC1)CC2)c1cc2cnccc2[nH]1. The summed E-state index contributed by atoms with van der Waals surface area (Å²) in [6.45, 7) is 2.89. The van der Waals surface area contributed by atoms with E-state index in [-0.39, 0.29) is 11.8 Å². The molecule has 3 fully saturated rings. The Hall–Kier alpha value is -2.96. The second-order valence-corrected chi connectivity index (χ2v) is 9.60. The Morgan fingerprint density at radius 2 is 2.10 bits per heavy atom. The molecule has 1 atom stereocenters. The van der Waals surface area contributed by atoms with Crippen molar-refractivity contribution in [2.75, 3.05) is 26.2 Å². The zero-order valence-electron chi connectivity index (χ0n) is 17.6. The van der Waals surface area contributed by atoms with Crippen LogP contribution in [0.2, 0.25) is 0 Å². The fraction of sp³-hybridized carbons (Fsp3) is 0.500. The van der Waals surface area contributed by atoms with Crippen LogP contribution < -0.4 is 5.32 Å². The van der Waals surface area contributed by atoms with E-state index < -0.39 is 0 Å². The van der Waals surface area contributed by atoms with Gasteiger partial charge in [0.05, 0.1) is 6.54 Å². The molecule has 4 aliphatic rings. The quantitative estimate of drug-likeness (QED) is 0.784. The number of aliphatic imine (C=N–C) groups is 1. The number of likely N-dealkylation sites (tertiary alicyclic amines) is 1. The zero-order valence-corrected chi connectivity index (χ0v) is 17.6. The molecule has 2 aromatic heterocycles. The van der Waals surface area contributed by atoms with Crippen molar-refractivity contribution in [2.45, 2.75) is 32.1 Å². The van der Waals surface area contributed by atoms with Gasteiger partial charge in [-0.05, 0) is 61.6 Å². The van der Waals surface area contributed by atoms with Crippen LogP contribution >= 0.6 is 0 Å². The van der Waals surface area contributed by atoms with Crippen molar-refractivity contribution in [3.05, 3.63) is 41.9 Å². The van der Waals surface area contributed by atoms with Crippen molar-refractivity contribution >= 4 is 28.4 Å². The fourth-order valence-electron chi connectivity index (χ4n) is 5.30. The van der Waals surface area contributed by atoms with E-state index in [0.717, 1.165) is 54.5 Å². The van der Waals surface area contributed by atoms with E-state index in [0.29, 0.717) is 36.0 Å². The standard InChI is InChI=1S/C24H27N5O2/c30-22(21-9-16-12-25-6-3-19(16)28-21)27-14-18-11-24(18)4-7-29(8-5-24)23(31)17-10-20(26-13-17)15-1-2-15/h3,6,9-10,12,15,18,28H,1-2,4-5,7-8,11,13-14H2,(H,27,30). The van der Waals surface area contributed by atoms with Crippen molar-refractivity contribution in [1.29, 1.82) is 0 Å². The Morgan fingerprint density at radius 3 is 2.87 bits per heavy atom. The van der Waals surface area contributed by atoms with E-state index in [1.54, 1.807) is 12.4 Å². The summed E-state index contributed by atoms with van der Waals surface area (Å²) in [6, 6.07) is 3.72. The number of fused-ring (bicyclic) bond motifs is 1. The van der Waals surface area contributed by atoms with E-state index >= 15 is 0 Å². The first-order valence-electron chi connectivity index (χ1n) is 11.4. The van der Waals surface area contributed by atoms with E-state index in [1.165, 1.54) is 12.8 Å². The maximum absolute atomic E-state index is 12.9. The van der Waals surface area contributed by atoms with Crippen LogP contribution in [0.15, 0.2) is 41.2 Å². The molecule has 0 radical (unpaired) electrons. The van der Waals surface area contributed by atoms with Gasteiger partial charge in [-0.3, -0.25) is 19.6 Å². The summed E-state index contributed by atoms with van der Waals surface area (Å²) < 4.78 is 0. The van der Waals surface area contributed by atoms with Gasteiger partial charge in [0.15, 0.2) is 0 Å². The molecule has 7 nitrogen and oxygen atoms in total. The highest BCUT2D eigenvalue weighted by molar-refractivity contribution is 6.08. The van der Waals surface area contributed by atoms with Gasteiger partial charge in [-0.15, -0.1) is 0 Å². The van der Waals surface area contributed by atoms with Crippen LogP contribution in [0.3, 0.4) is 0 Å². The Bertz CT molecular complexity index is 1080. The van der Waals surface area contributed by atoms with E-state index in [4.69, 9.17) is 0 Å². The second-order valence-electron chi connectivity index (χ2n) is 9.60. The lowest BCUT2D eigenvalue weighted by atomic mass is 9.90. The number of hydrogen-bond donors (Lipinski definition) is 2. The van der Waals surface area contributed by atoms with Crippen molar-refractivity contribution in [2.24, 2.45) is 22.2 Å². The maximum Gasteiger partial charge on any atom is 0.267 e. The number of carbonyl (C=O) groups is 2. The summed E-state index contributed by atoms with van der Waals surface area (Å²) in [7, 11) is 0. The average molecular weight is 418 g/mol. The first-order chi connectivity index (χ1) is 15.1. The van der Waals surface area contributed by atoms with E-state index in [1.807, 2.05) is 23.1 Å². The predicted molar refractivity (Wildman–Crippen MR) is 118 cm³/mol. The topological polar surface area (TPSA) is 90.4 Å². The number of pyridine rings is 1. The minimum absolute atomic E-state index is 0.0644. The molecule has 2 aromatic rings. The third kappa shape index (κ3) is 3.46. The summed E-state index contributed by atoms with van der Waals surface area (Å²) in [6.07, 6.45) is 11.2. The first-order valence-corrected chi connectivity index (χ1v) is 11.4. The summed E-state index contributed by atoms with van der Waals surface area (Å²) in [5, 5.41) is 4.04. The van der Waals surface area contributed by atoms with Crippen LogP contribution in [0.5, 0.6) is 0 Å². The number of hydrogen-bond acceptors (Lipinski definition) is 4. The number of aromatic amines is 1. The number of nitrogens with zero attached hydrogens (tertiary/aromatic N) is 3. The highest BCUT2D eigenvalue weighted by atomic mass is 16.2. The van der Waals surface area contributed by atoms with Crippen LogP contribution in [-0.2, 0) is 4.79 Å². The van der Waals surface area contributed by atoms with Gasteiger partial charge >= 0.3 is 0 Å². The number of aromatic nitrogens is 2. The number of rotatable bonds is 5. The highest BCUT2D eigenvalue weighted by Gasteiger charge is 2.55. The molecule has 2 aliphatic carbocycles. The normalized spacial score (nSPS) is 24.3. The molecule has 1 unspecified atom stereocenters. The third-order valence-corrected chi connectivity index (χ3v) is 7.60. The molecule has 2 saturated carbocycles. The number of carbonyl (C=O) groups excluding carboxylic acids is 2. The second kappa shape index (κ2) is 7.04. The number of amides is 2. The Morgan fingerprint density at radius 1 is 1.26 bits per heavy atom. The minimum Gasteiger partial charge on any atom is -0.350 e. The Labute approximate surface area is 181 Å². The van der Waals surface area contributed by atoms with Crippen molar-refractivity contribution < 1.29 is 9.59 Å². The van der Waals surface area contributed by atoms with Crippen LogP contribution in [0, 0.1) is 17.3 Å². The van der Waals surface area contributed by atoms with Gasteiger partial charge in [0, 0.05) is 60.1 Å². The van der Waals surface area contributed by atoms with Crippen LogP contribution in [0.4, 0.5) is 0 Å². The number of H-pyrrole nitrogens is 1. The molecule has 31 heavy (non-hydrogen) atoms. The molecule has 0 aromatic carbocycles. The molecule has 7 heteroatoms. The summed E-state index contributed by atoms with van der Waals surface area (Å²) in [5.74, 6) is 1.23. The van der Waals surface area contributed by atoms with Gasteiger partial charge in [0.25, 0.3) is 11.8 Å². The molecule has 2 amide bonds. The maximum atomic E-state index is 12.9. The molecule has 160 valence electrons. The zero-order chi connectivity index (χ0) is 21.0. The number of piperidine rings is 1. The predicted octanol–water partition coefficient (Wildman–Crippen LogP) is 2.71. The monoisotopic (exact) mass is 417 g/mol. The lowest BCUT2D eigenvalue weighted by Gasteiger charge is -2.33. The molecule has 6 rings (SSSR count). The van der Waals surface area contributed by atoms with Gasteiger partial charge in [-0.25, -0.2) is 0 Å². The Balaban J connectivity index is 0.999. The molecule has 2 N–H and O–H groups in total. The summed E-state index contributed by atoms with van der Waals surface area (Å²) in [5.41, 5.74) is 3.81. The van der Waals surface area contributed by atoms with Crippen molar-refractivity contribution in [3.63, 3.8) is 0 Å². The third-order valence-electron chi connectivity index (χ3n) is 7.60. The van der Waals surface area contributed by atoms with Gasteiger partial charge in [-0.2, -0.15) is 0 Å². The molecule has 1 saturated heterocycles.